The van der Waals surface area contributed by atoms with Crippen LogP contribution in [-0.4, -0.2) is 5.78 Å². The average Bonchev–Trinajstić information content (AvgIpc) is 3.32. The number of carbonyl (C=O) groups is 1. The summed E-state index contributed by atoms with van der Waals surface area (Å²) in [4.78, 5) is 13.1. The van der Waals surface area contributed by atoms with Crippen LogP contribution in [0.4, 0.5) is 0 Å². The molecule has 0 aliphatic carbocycles. The lowest BCUT2D eigenvalue weighted by molar-refractivity contribution is 0.103. The molecule has 2 aromatic carbocycles. The fourth-order valence-corrected chi connectivity index (χ4v) is 3.02. The highest BCUT2D eigenvalue weighted by Crippen LogP contribution is 2.32. The monoisotopic (exact) mass is 382 g/mol. The molecule has 2 aromatic heterocycles. The summed E-state index contributed by atoms with van der Waals surface area (Å²) in [5.41, 5.74) is 2.48. The molecule has 3 nitrogen and oxygen atoms in total. The molecular weight excluding hydrogens is 371 g/mol. The van der Waals surface area contributed by atoms with Crippen LogP contribution in [0.1, 0.15) is 15.9 Å². The van der Waals surface area contributed by atoms with Gasteiger partial charge in [-0.05, 0) is 60.7 Å². The van der Waals surface area contributed by atoms with E-state index in [1.54, 1.807) is 36.4 Å². The molecule has 0 atom stereocenters. The van der Waals surface area contributed by atoms with E-state index in [9.17, 15) is 4.79 Å². The molecule has 0 bridgehead atoms. The minimum absolute atomic E-state index is 0.178. The van der Waals surface area contributed by atoms with Gasteiger partial charge in [-0.25, -0.2) is 0 Å². The highest BCUT2D eigenvalue weighted by Gasteiger charge is 2.23. The minimum atomic E-state index is -0.178. The van der Waals surface area contributed by atoms with Crippen LogP contribution in [0, 0.1) is 0 Å². The van der Waals surface area contributed by atoms with Crippen molar-refractivity contribution < 1.29 is 13.6 Å². The molecular formula is C21H12Cl2O3. The normalized spacial score (nSPS) is 10.8. The maximum atomic E-state index is 13.1. The fraction of sp³-hybridized carbons (Fsp3) is 0. The molecule has 128 valence electrons. The topological polar surface area (TPSA) is 43.4 Å². The zero-order valence-electron chi connectivity index (χ0n) is 13.4. The first-order chi connectivity index (χ1) is 12.6. The summed E-state index contributed by atoms with van der Waals surface area (Å²) in [6.07, 6.45) is 3.00. The fourth-order valence-electron chi connectivity index (χ4n) is 2.77. The predicted octanol–water partition coefficient (Wildman–Crippen LogP) is 6.74. The molecule has 26 heavy (non-hydrogen) atoms. The van der Waals surface area contributed by atoms with Crippen molar-refractivity contribution in [2.45, 2.75) is 0 Å². The molecule has 0 unspecified atom stereocenters. The van der Waals surface area contributed by atoms with E-state index in [0.29, 0.717) is 32.7 Å². The summed E-state index contributed by atoms with van der Waals surface area (Å²) in [5, 5.41) is 1.24. The number of furan rings is 2. The lowest BCUT2D eigenvalue weighted by Gasteiger charge is -2.04. The molecule has 0 spiro atoms. The van der Waals surface area contributed by atoms with Gasteiger partial charge in [0.05, 0.1) is 23.7 Å². The minimum Gasteiger partial charge on any atom is -0.464 e. The summed E-state index contributed by atoms with van der Waals surface area (Å²) in [6, 6.07) is 17.6. The molecule has 0 saturated heterocycles. The van der Waals surface area contributed by atoms with Crippen molar-refractivity contribution in [1.82, 2.24) is 0 Å². The Labute approximate surface area is 159 Å². The van der Waals surface area contributed by atoms with E-state index in [1.807, 2.05) is 24.3 Å². The van der Waals surface area contributed by atoms with E-state index in [1.165, 1.54) is 12.5 Å². The van der Waals surface area contributed by atoms with Crippen LogP contribution >= 0.6 is 23.2 Å². The third-order valence-corrected chi connectivity index (χ3v) is 4.54. The van der Waals surface area contributed by atoms with Gasteiger partial charge < -0.3 is 8.83 Å². The summed E-state index contributed by atoms with van der Waals surface area (Å²) < 4.78 is 11.1. The Hall–Kier alpha value is -2.75. The van der Waals surface area contributed by atoms with E-state index >= 15 is 0 Å². The van der Waals surface area contributed by atoms with Crippen molar-refractivity contribution in [3.8, 4) is 22.6 Å². The van der Waals surface area contributed by atoms with Crippen molar-refractivity contribution in [3.63, 3.8) is 0 Å². The molecule has 2 heterocycles. The SMILES string of the molecule is O=C(c1ccoc1-c1ccc(Cl)cc1)c1ccoc1-c1ccc(Cl)cc1. The average molecular weight is 383 g/mol. The van der Waals surface area contributed by atoms with Crippen LogP contribution in [-0.2, 0) is 0 Å². The Balaban J connectivity index is 1.75. The maximum absolute atomic E-state index is 13.1. The number of hydrogen-bond acceptors (Lipinski definition) is 3. The molecule has 0 N–H and O–H groups in total. The number of hydrogen-bond donors (Lipinski definition) is 0. The largest absolute Gasteiger partial charge is 0.464 e. The number of rotatable bonds is 4. The van der Waals surface area contributed by atoms with Gasteiger partial charge in [0.15, 0.2) is 0 Å². The highest BCUT2D eigenvalue weighted by atomic mass is 35.5. The van der Waals surface area contributed by atoms with Crippen molar-refractivity contribution >= 4 is 29.0 Å². The van der Waals surface area contributed by atoms with Gasteiger partial charge in [0.25, 0.3) is 0 Å². The van der Waals surface area contributed by atoms with Gasteiger partial charge >= 0.3 is 0 Å². The van der Waals surface area contributed by atoms with Crippen LogP contribution in [0.3, 0.4) is 0 Å². The second-order valence-corrected chi connectivity index (χ2v) is 6.54. The van der Waals surface area contributed by atoms with Crippen LogP contribution in [0.15, 0.2) is 82.0 Å². The number of halogens is 2. The first kappa shape index (κ1) is 16.7. The molecule has 4 aromatic rings. The lowest BCUT2D eigenvalue weighted by Crippen LogP contribution is -2.01. The van der Waals surface area contributed by atoms with Gasteiger partial charge in [0.1, 0.15) is 11.5 Å². The number of benzene rings is 2. The van der Waals surface area contributed by atoms with Crippen LogP contribution in [0.2, 0.25) is 10.0 Å². The van der Waals surface area contributed by atoms with E-state index in [0.717, 1.165) is 11.1 Å². The van der Waals surface area contributed by atoms with Gasteiger partial charge in [0.2, 0.25) is 5.78 Å². The van der Waals surface area contributed by atoms with E-state index in [-0.39, 0.29) is 5.78 Å². The Morgan fingerprint density at radius 3 is 1.38 bits per heavy atom. The second kappa shape index (κ2) is 6.87. The Kier molecular flexibility index (Phi) is 4.41. The van der Waals surface area contributed by atoms with E-state index < -0.39 is 0 Å². The maximum Gasteiger partial charge on any atom is 0.200 e. The summed E-state index contributed by atoms with van der Waals surface area (Å²) >= 11 is 11.9. The van der Waals surface area contributed by atoms with Crippen LogP contribution in [0.25, 0.3) is 22.6 Å². The molecule has 0 aliphatic heterocycles. The number of ketones is 1. The van der Waals surface area contributed by atoms with Gasteiger partial charge in [0, 0.05) is 21.2 Å². The third-order valence-electron chi connectivity index (χ3n) is 4.03. The molecule has 0 amide bonds. The first-order valence-corrected chi connectivity index (χ1v) is 8.60. The predicted molar refractivity (Wildman–Crippen MR) is 102 cm³/mol. The molecule has 0 saturated carbocycles. The van der Waals surface area contributed by atoms with Gasteiger partial charge in [-0.3, -0.25) is 4.79 Å². The Bertz CT molecular complexity index is 972. The summed E-state index contributed by atoms with van der Waals surface area (Å²) in [5.74, 6) is 0.812. The van der Waals surface area contributed by atoms with Gasteiger partial charge in [-0.2, -0.15) is 0 Å². The smallest absolute Gasteiger partial charge is 0.200 e. The zero-order valence-corrected chi connectivity index (χ0v) is 14.9. The Morgan fingerprint density at radius 1 is 0.615 bits per heavy atom. The standard InChI is InChI=1S/C21H12Cl2O3/c22-15-5-1-13(2-6-15)20-17(9-11-25-20)19(24)18-10-12-26-21(18)14-3-7-16(23)8-4-14/h1-12H. The van der Waals surface area contributed by atoms with Crippen molar-refractivity contribution in [2.24, 2.45) is 0 Å². The Morgan fingerprint density at radius 2 is 1.00 bits per heavy atom. The van der Waals surface area contributed by atoms with Crippen molar-refractivity contribution in [2.75, 3.05) is 0 Å². The van der Waals surface area contributed by atoms with Crippen LogP contribution < -0.4 is 0 Å². The quantitative estimate of drug-likeness (QED) is 0.366. The highest BCUT2D eigenvalue weighted by molar-refractivity contribution is 6.31. The summed E-state index contributed by atoms with van der Waals surface area (Å²) in [7, 11) is 0. The molecule has 4 rings (SSSR count). The lowest BCUT2D eigenvalue weighted by atomic mass is 9.98. The molecule has 5 heteroatoms. The first-order valence-electron chi connectivity index (χ1n) is 7.85. The molecule has 0 radical (unpaired) electrons. The molecule has 0 aliphatic rings. The van der Waals surface area contributed by atoms with E-state index in [4.69, 9.17) is 32.0 Å². The number of carbonyl (C=O) groups excluding carboxylic acids is 1. The zero-order chi connectivity index (χ0) is 18.1. The van der Waals surface area contributed by atoms with Crippen LogP contribution in [0.5, 0.6) is 0 Å². The van der Waals surface area contributed by atoms with E-state index in [2.05, 4.69) is 0 Å². The van der Waals surface area contributed by atoms with Crippen molar-refractivity contribution in [1.29, 1.82) is 0 Å². The summed E-state index contributed by atoms with van der Waals surface area (Å²) in [6.45, 7) is 0. The second-order valence-electron chi connectivity index (χ2n) is 5.67. The van der Waals surface area contributed by atoms with Gasteiger partial charge in [-0.15, -0.1) is 0 Å². The third kappa shape index (κ3) is 3.07. The van der Waals surface area contributed by atoms with Crippen molar-refractivity contribution in [3.05, 3.63) is 94.4 Å². The van der Waals surface area contributed by atoms with Gasteiger partial charge in [-0.1, -0.05) is 23.2 Å². The molecule has 0 fully saturated rings.